The van der Waals surface area contributed by atoms with Crippen LogP contribution in [0.2, 0.25) is 0 Å². The Morgan fingerprint density at radius 2 is 1.40 bits per heavy atom. The number of aromatic nitrogens is 2. The second-order valence-corrected chi connectivity index (χ2v) is 15.9. The van der Waals surface area contributed by atoms with Crippen molar-refractivity contribution in [2.45, 2.75) is 58.3 Å². The van der Waals surface area contributed by atoms with Crippen molar-refractivity contribution in [1.29, 1.82) is 0 Å². The fourth-order valence-electron chi connectivity index (χ4n) is 9.73. The molecule has 292 valence electrons. The summed E-state index contributed by atoms with van der Waals surface area (Å²) in [5.41, 5.74) is 13.9. The van der Waals surface area contributed by atoms with E-state index in [1.807, 2.05) is 12.3 Å². The molecule has 0 N–H and O–H groups in total. The quantitative estimate of drug-likeness (QED) is 0.149. The van der Waals surface area contributed by atoms with E-state index in [0.29, 0.717) is 11.5 Å². The van der Waals surface area contributed by atoms with Gasteiger partial charge in [0, 0.05) is 61.1 Å². The van der Waals surface area contributed by atoms with Crippen LogP contribution in [0, 0.1) is 39.6 Å². The van der Waals surface area contributed by atoms with E-state index in [4.69, 9.17) is 9.72 Å². The molecule has 0 bridgehead atoms. The van der Waals surface area contributed by atoms with Crippen molar-refractivity contribution in [2.75, 3.05) is 16.8 Å². The van der Waals surface area contributed by atoms with Gasteiger partial charge in [-0.1, -0.05) is 103 Å². The van der Waals surface area contributed by atoms with Crippen LogP contribution in [0.15, 0.2) is 134 Å². The number of rotatable bonds is 7. The van der Waals surface area contributed by atoms with Crippen LogP contribution < -0.4 is 14.5 Å². The SMILES string of the molecule is Cc1cc(C)c(-c2cc(Oc3[c-]c4c(cc3)c3ccccc3n4-c3cc(C4(c5ccccc5)CCCCC4)ccn3)[c-]c(N3[CH-]N(C)c4ccccc43)c2)c(C)c1.[Pt]. The Labute approximate surface area is 356 Å². The number of nitrogens with zero attached hydrogens (tertiary/aromatic N) is 4. The summed E-state index contributed by atoms with van der Waals surface area (Å²) in [6.07, 6.45) is 7.98. The zero-order valence-corrected chi connectivity index (χ0v) is 35.6. The molecule has 1 aliphatic heterocycles. The standard InChI is InChI=1S/C52H45N4O.Pt/c1-35-27-36(2)51(37(3)28-35)38-29-41(55-34-54(4)47-19-11-12-20-48(47)55)32-43(30-38)57-42-21-22-45-44-17-9-10-18-46(44)56(49(45)33-42)50-31-40(23-26-53-50)52(24-13-6-14-25-52)39-15-7-5-8-16-39;/h5,7-12,15-23,26-31,34H,6,13-14,24-25H2,1-4H3;/q-3;. The molecular formula is C52H45N4OPt-3. The summed E-state index contributed by atoms with van der Waals surface area (Å²) in [6, 6.07) is 53.1. The first-order chi connectivity index (χ1) is 27.9. The van der Waals surface area contributed by atoms with Crippen LogP contribution in [0.5, 0.6) is 11.5 Å². The predicted octanol–water partition coefficient (Wildman–Crippen LogP) is 13.1. The van der Waals surface area contributed by atoms with Crippen molar-refractivity contribution >= 4 is 38.9 Å². The molecule has 2 aromatic heterocycles. The Morgan fingerprint density at radius 3 is 2.19 bits per heavy atom. The van der Waals surface area contributed by atoms with E-state index in [-0.39, 0.29) is 26.5 Å². The number of aryl methyl sites for hydroxylation is 3. The monoisotopic (exact) mass is 936 g/mol. The molecule has 3 heterocycles. The molecule has 1 saturated carbocycles. The maximum atomic E-state index is 6.85. The van der Waals surface area contributed by atoms with E-state index in [1.54, 1.807) is 0 Å². The molecule has 1 aliphatic carbocycles. The van der Waals surface area contributed by atoms with Crippen LogP contribution in [-0.4, -0.2) is 16.6 Å². The molecule has 0 spiro atoms. The van der Waals surface area contributed by atoms with E-state index in [9.17, 15) is 0 Å². The molecule has 8 aromatic rings. The largest absolute Gasteiger partial charge is 0.509 e. The molecule has 2 aliphatic rings. The third kappa shape index (κ3) is 6.50. The van der Waals surface area contributed by atoms with Crippen molar-refractivity contribution in [3.05, 3.63) is 180 Å². The summed E-state index contributed by atoms with van der Waals surface area (Å²) >= 11 is 0. The van der Waals surface area contributed by atoms with E-state index >= 15 is 0 Å². The molecule has 10 rings (SSSR count). The third-order valence-electron chi connectivity index (χ3n) is 12.2. The Bertz CT molecular complexity index is 2780. The maximum absolute atomic E-state index is 6.85. The van der Waals surface area contributed by atoms with Gasteiger partial charge in [-0.05, 0) is 104 Å². The molecule has 5 nitrogen and oxygen atoms in total. The van der Waals surface area contributed by atoms with Crippen molar-refractivity contribution < 1.29 is 25.8 Å². The molecule has 1 fully saturated rings. The van der Waals surface area contributed by atoms with E-state index in [0.717, 1.165) is 63.1 Å². The van der Waals surface area contributed by atoms with Gasteiger partial charge < -0.3 is 19.1 Å². The first-order valence-corrected chi connectivity index (χ1v) is 20.1. The fraction of sp³-hybridized carbons (Fsp3) is 0.192. The number of hydrogen-bond acceptors (Lipinski definition) is 4. The molecule has 0 amide bonds. The van der Waals surface area contributed by atoms with Crippen molar-refractivity contribution in [1.82, 2.24) is 9.55 Å². The minimum Gasteiger partial charge on any atom is -0.509 e. The van der Waals surface area contributed by atoms with E-state index < -0.39 is 0 Å². The molecule has 0 saturated heterocycles. The number of fused-ring (bicyclic) bond motifs is 4. The summed E-state index contributed by atoms with van der Waals surface area (Å²) < 4.78 is 9.11. The normalized spacial score (nSPS) is 14.8. The summed E-state index contributed by atoms with van der Waals surface area (Å²) in [4.78, 5) is 9.39. The van der Waals surface area contributed by atoms with Crippen molar-refractivity contribution in [3.63, 3.8) is 0 Å². The Balaban J connectivity index is 0.00000436. The number of hydrogen-bond donors (Lipinski definition) is 0. The van der Waals surface area contributed by atoms with Crippen molar-refractivity contribution in [3.8, 4) is 28.4 Å². The van der Waals surface area contributed by atoms with Crippen LogP contribution in [-0.2, 0) is 26.5 Å². The molecule has 6 aromatic carbocycles. The minimum absolute atomic E-state index is 0. The molecule has 0 atom stereocenters. The Hall–Kier alpha value is -5.64. The van der Waals surface area contributed by atoms with Gasteiger partial charge in [0.25, 0.3) is 0 Å². The summed E-state index contributed by atoms with van der Waals surface area (Å²) in [5, 5.41) is 2.27. The average Bonchev–Trinajstić information content (AvgIpc) is 3.75. The Morgan fingerprint density at radius 1 is 0.672 bits per heavy atom. The predicted molar refractivity (Wildman–Crippen MR) is 234 cm³/mol. The second-order valence-electron chi connectivity index (χ2n) is 15.9. The molecule has 58 heavy (non-hydrogen) atoms. The van der Waals surface area contributed by atoms with Gasteiger partial charge in [-0.3, -0.25) is 0 Å². The molecule has 0 unspecified atom stereocenters. The van der Waals surface area contributed by atoms with Crippen LogP contribution in [0.4, 0.5) is 17.1 Å². The van der Waals surface area contributed by atoms with Gasteiger partial charge in [-0.2, -0.15) is 12.7 Å². The first kappa shape index (κ1) is 37.9. The van der Waals surface area contributed by atoms with Gasteiger partial charge in [0.1, 0.15) is 5.82 Å². The fourth-order valence-corrected chi connectivity index (χ4v) is 9.73. The van der Waals surface area contributed by atoms with Gasteiger partial charge in [-0.15, -0.1) is 47.0 Å². The van der Waals surface area contributed by atoms with Gasteiger partial charge >= 0.3 is 0 Å². The van der Waals surface area contributed by atoms with Crippen LogP contribution in [0.1, 0.15) is 59.9 Å². The maximum Gasteiger partial charge on any atom is 0.135 e. The summed E-state index contributed by atoms with van der Waals surface area (Å²) in [5.74, 6) is 2.14. The minimum atomic E-state index is -0.0389. The van der Waals surface area contributed by atoms with Gasteiger partial charge in [0.2, 0.25) is 0 Å². The number of benzene rings is 6. The second kappa shape index (κ2) is 15.3. The van der Waals surface area contributed by atoms with Crippen LogP contribution in [0.3, 0.4) is 0 Å². The summed E-state index contributed by atoms with van der Waals surface area (Å²) in [6.45, 7) is 8.66. The first-order valence-electron chi connectivity index (χ1n) is 20.1. The summed E-state index contributed by atoms with van der Waals surface area (Å²) in [7, 11) is 2.08. The van der Waals surface area contributed by atoms with Crippen LogP contribution in [0.25, 0.3) is 38.8 Å². The average molecular weight is 937 g/mol. The number of para-hydroxylation sites is 3. The van der Waals surface area contributed by atoms with E-state index in [2.05, 4.69) is 182 Å². The van der Waals surface area contributed by atoms with Gasteiger partial charge in [0.05, 0.1) is 0 Å². The Kier molecular flexibility index (Phi) is 9.98. The number of ether oxygens (including phenoxy) is 1. The van der Waals surface area contributed by atoms with Gasteiger partial charge in [0.15, 0.2) is 0 Å². The smallest absolute Gasteiger partial charge is 0.135 e. The van der Waals surface area contributed by atoms with Gasteiger partial charge in [-0.25, -0.2) is 4.98 Å². The topological polar surface area (TPSA) is 33.5 Å². The van der Waals surface area contributed by atoms with Crippen molar-refractivity contribution in [2.24, 2.45) is 0 Å². The number of pyridine rings is 1. The molecule has 0 radical (unpaired) electrons. The molecule has 6 heteroatoms. The molecular weight excluding hydrogens is 892 g/mol. The zero-order valence-electron chi connectivity index (χ0n) is 33.3. The third-order valence-corrected chi connectivity index (χ3v) is 12.2. The van der Waals surface area contributed by atoms with E-state index in [1.165, 1.54) is 52.6 Å². The van der Waals surface area contributed by atoms with Crippen LogP contribution >= 0.6 is 0 Å². The zero-order chi connectivity index (χ0) is 38.7. The number of anilines is 3.